The Morgan fingerprint density at radius 3 is 2.69 bits per heavy atom. The van der Waals surface area contributed by atoms with Gasteiger partial charge in [-0.25, -0.2) is 4.98 Å². The highest BCUT2D eigenvalue weighted by Gasteiger charge is 2.17. The molecule has 0 radical (unpaired) electrons. The lowest BCUT2D eigenvalue weighted by Gasteiger charge is -2.15. The van der Waals surface area contributed by atoms with Crippen LogP contribution in [0.1, 0.15) is 23.9 Å². The Hall–Kier alpha value is -2.87. The molecular formula is C21H21F2N3O2S. The van der Waals surface area contributed by atoms with E-state index >= 15 is 0 Å². The van der Waals surface area contributed by atoms with E-state index in [1.807, 2.05) is 30.5 Å². The van der Waals surface area contributed by atoms with Gasteiger partial charge in [-0.3, -0.25) is 4.79 Å². The molecule has 1 atom stereocenters. The number of halogens is 2. The quantitative estimate of drug-likeness (QED) is 0.492. The van der Waals surface area contributed by atoms with Gasteiger partial charge in [-0.15, -0.1) is 0 Å². The Labute approximate surface area is 171 Å². The van der Waals surface area contributed by atoms with Crippen LogP contribution < -0.4 is 10.1 Å². The monoisotopic (exact) mass is 417 g/mol. The summed E-state index contributed by atoms with van der Waals surface area (Å²) in [5, 5.41) is 2.98. The molecule has 0 aliphatic carbocycles. The lowest BCUT2D eigenvalue weighted by Crippen LogP contribution is -2.28. The van der Waals surface area contributed by atoms with E-state index in [1.165, 1.54) is 18.2 Å². The van der Waals surface area contributed by atoms with E-state index in [-0.39, 0.29) is 17.7 Å². The summed E-state index contributed by atoms with van der Waals surface area (Å²) in [6.45, 7) is -2.86. The van der Waals surface area contributed by atoms with Gasteiger partial charge in [-0.05, 0) is 54.3 Å². The highest BCUT2D eigenvalue weighted by atomic mass is 32.2. The number of ether oxygens (including phenoxy) is 1. The van der Waals surface area contributed by atoms with Crippen molar-refractivity contribution in [3.8, 4) is 5.75 Å². The fraction of sp³-hybridized carbons (Fsp3) is 0.238. The Morgan fingerprint density at radius 1 is 1.24 bits per heavy atom. The number of thioether (sulfide) groups is 1. The van der Waals surface area contributed by atoms with Crippen LogP contribution >= 0.6 is 11.8 Å². The molecule has 1 aromatic heterocycles. The fourth-order valence-corrected chi connectivity index (χ4v) is 3.27. The van der Waals surface area contributed by atoms with Crippen molar-refractivity contribution >= 4 is 34.8 Å². The molecule has 3 aromatic rings. The first-order chi connectivity index (χ1) is 14.0. The summed E-state index contributed by atoms with van der Waals surface area (Å²) >= 11 is 1.70. The third kappa shape index (κ3) is 6.05. The predicted octanol–water partition coefficient (Wildman–Crippen LogP) is 4.79. The van der Waals surface area contributed by atoms with Gasteiger partial charge in [0.15, 0.2) is 0 Å². The van der Waals surface area contributed by atoms with Crippen molar-refractivity contribution in [2.24, 2.45) is 0 Å². The van der Waals surface area contributed by atoms with E-state index in [4.69, 9.17) is 0 Å². The molecule has 29 heavy (non-hydrogen) atoms. The van der Waals surface area contributed by atoms with Crippen LogP contribution in [0.3, 0.4) is 0 Å². The number of carbonyl (C=O) groups is 1. The average Bonchev–Trinajstić information content (AvgIpc) is 3.14. The first kappa shape index (κ1) is 20.9. The minimum Gasteiger partial charge on any atom is -0.435 e. The van der Waals surface area contributed by atoms with Gasteiger partial charge in [0.05, 0.1) is 17.1 Å². The van der Waals surface area contributed by atoms with E-state index in [0.717, 1.165) is 29.0 Å². The number of nitrogens with one attached hydrogen (secondary N) is 2. The third-order valence-electron chi connectivity index (χ3n) is 4.20. The van der Waals surface area contributed by atoms with Crippen LogP contribution in [0.15, 0.2) is 54.6 Å². The molecule has 0 aliphatic rings. The van der Waals surface area contributed by atoms with Gasteiger partial charge in [0.1, 0.15) is 11.6 Å². The standard InChI is InChI=1S/C21H21F2N3O2S/c1-29-13-12-18(20-25-16-4-2-3-5-17(16)26-20)24-19(27)11-8-14-6-9-15(10-7-14)28-21(22)23/h2-11,18,21H,12-13H2,1H3,(H,24,27)(H,25,26)/b11-8+/t18-/m0/s1. The molecule has 0 saturated carbocycles. The van der Waals surface area contributed by atoms with E-state index < -0.39 is 6.61 Å². The zero-order valence-electron chi connectivity index (χ0n) is 15.8. The largest absolute Gasteiger partial charge is 0.435 e. The summed E-state index contributed by atoms with van der Waals surface area (Å²) in [5.74, 6) is 1.40. The fourth-order valence-electron chi connectivity index (χ4n) is 2.80. The Morgan fingerprint density at radius 2 is 2.00 bits per heavy atom. The summed E-state index contributed by atoms with van der Waals surface area (Å²) in [7, 11) is 0. The maximum atomic E-state index is 12.4. The second-order valence-electron chi connectivity index (χ2n) is 6.26. The van der Waals surface area contributed by atoms with Crippen LogP contribution in [-0.4, -0.2) is 34.5 Å². The number of H-pyrrole nitrogens is 1. The molecule has 5 nitrogen and oxygen atoms in total. The maximum Gasteiger partial charge on any atom is 0.387 e. The molecule has 0 bridgehead atoms. The number of alkyl halides is 2. The van der Waals surface area contributed by atoms with Gasteiger partial charge in [0.2, 0.25) is 5.91 Å². The van der Waals surface area contributed by atoms with Crippen LogP contribution in [-0.2, 0) is 4.79 Å². The summed E-state index contributed by atoms with van der Waals surface area (Å²) < 4.78 is 28.7. The molecule has 8 heteroatoms. The highest BCUT2D eigenvalue weighted by molar-refractivity contribution is 7.98. The number of hydrogen-bond acceptors (Lipinski definition) is 4. The number of imidazole rings is 1. The Balaban J connectivity index is 1.67. The van der Waals surface area contributed by atoms with Crippen molar-refractivity contribution in [2.75, 3.05) is 12.0 Å². The number of fused-ring (bicyclic) bond motifs is 1. The van der Waals surface area contributed by atoms with E-state index in [0.29, 0.717) is 5.56 Å². The molecule has 3 rings (SSSR count). The Kier molecular flexibility index (Phi) is 7.24. The van der Waals surface area contributed by atoms with Crippen molar-refractivity contribution in [3.63, 3.8) is 0 Å². The first-order valence-corrected chi connectivity index (χ1v) is 10.4. The SMILES string of the molecule is CSCC[C@H](NC(=O)/C=C/c1ccc(OC(F)F)cc1)c1nc2ccccc2[nH]1. The number of aromatic amines is 1. The van der Waals surface area contributed by atoms with Crippen molar-refractivity contribution < 1.29 is 18.3 Å². The van der Waals surface area contributed by atoms with Gasteiger partial charge in [-0.2, -0.15) is 20.5 Å². The van der Waals surface area contributed by atoms with Crippen molar-refractivity contribution in [1.82, 2.24) is 15.3 Å². The van der Waals surface area contributed by atoms with E-state index in [1.54, 1.807) is 30.0 Å². The van der Waals surface area contributed by atoms with Crippen LogP contribution in [0.5, 0.6) is 5.75 Å². The van der Waals surface area contributed by atoms with Gasteiger partial charge in [0, 0.05) is 6.08 Å². The second kappa shape index (κ2) is 10.1. The van der Waals surface area contributed by atoms with Gasteiger partial charge >= 0.3 is 6.61 Å². The summed E-state index contributed by atoms with van der Waals surface area (Å²) in [5.41, 5.74) is 2.48. The lowest BCUT2D eigenvalue weighted by atomic mass is 10.2. The number of amides is 1. The molecular weight excluding hydrogens is 396 g/mol. The predicted molar refractivity (Wildman–Crippen MR) is 112 cm³/mol. The van der Waals surface area contributed by atoms with Crippen molar-refractivity contribution in [3.05, 3.63) is 66.0 Å². The zero-order valence-corrected chi connectivity index (χ0v) is 16.6. The van der Waals surface area contributed by atoms with Crippen molar-refractivity contribution in [1.29, 1.82) is 0 Å². The molecule has 0 aliphatic heterocycles. The number of benzene rings is 2. The number of hydrogen-bond donors (Lipinski definition) is 2. The topological polar surface area (TPSA) is 67.0 Å². The number of nitrogens with zero attached hydrogens (tertiary/aromatic N) is 1. The molecule has 2 aromatic carbocycles. The van der Waals surface area contributed by atoms with E-state index in [9.17, 15) is 13.6 Å². The van der Waals surface area contributed by atoms with Gasteiger partial charge in [0.25, 0.3) is 0 Å². The molecule has 0 saturated heterocycles. The molecule has 1 amide bonds. The van der Waals surface area contributed by atoms with Gasteiger partial charge < -0.3 is 15.0 Å². The van der Waals surface area contributed by atoms with E-state index in [2.05, 4.69) is 20.0 Å². The molecule has 0 spiro atoms. The van der Waals surface area contributed by atoms with Crippen LogP contribution in [0, 0.1) is 0 Å². The number of aromatic nitrogens is 2. The highest BCUT2D eigenvalue weighted by Crippen LogP contribution is 2.20. The average molecular weight is 417 g/mol. The minimum absolute atomic E-state index is 0.0728. The molecule has 152 valence electrons. The van der Waals surface area contributed by atoms with Crippen LogP contribution in [0.2, 0.25) is 0 Å². The van der Waals surface area contributed by atoms with Crippen molar-refractivity contribution in [2.45, 2.75) is 19.1 Å². The zero-order chi connectivity index (χ0) is 20.6. The number of rotatable bonds is 9. The second-order valence-corrected chi connectivity index (χ2v) is 7.25. The number of carbonyl (C=O) groups excluding carboxylic acids is 1. The van der Waals surface area contributed by atoms with Gasteiger partial charge in [-0.1, -0.05) is 24.3 Å². The Bertz CT molecular complexity index is 940. The summed E-state index contributed by atoms with van der Waals surface area (Å²) in [6.07, 6.45) is 5.78. The normalized spacial score (nSPS) is 12.6. The van der Waals surface area contributed by atoms with Crippen LogP contribution in [0.25, 0.3) is 17.1 Å². The molecule has 1 heterocycles. The first-order valence-electron chi connectivity index (χ1n) is 9.02. The number of para-hydroxylation sites is 2. The summed E-state index contributed by atoms with van der Waals surface area (Å²) in [6, 6.07) is 13.5. The minimum atomic E-state index is -2.86. The maximum absolute atomic E-state index is 12.4. The third-order valence-corrected chi connectivity index (χ3v) is 4.84. The van der Waals surface area contributed by atoms with Crippen LogP contribution in [0.4, 0.5) is 8.78 Å². The smallest absolute Gasteiger partial charge is 0.387 e. The molecule has 0 fully saturated rings. The summed E-state index contributed by atoms with van der Waals surface area (Å²) in [4.78, 5) is 20.3. The molecule has 2 N–H and O–H groups in total. The lowest BCUT2D eigenvalue weighted by molar-refractivity contribution is -0.117. The molecule has 0 unspecified atom stereocenters.